The van der Waals surface area contributed by atoms with Gasteiger partial charge >= 0.3 is 5.97 Å². The number of hydrogen-bond donors (Lipinski definition) is 2. The number of carbonyl (C=O) groups is 2. The lowest BCUT2D eigenvalue weighted by atomic mass is 10.2. The molecule has 5 nitrogen and oxygen atoms in total. The summed E-state index contributed by atoms with van der Waals surface area (Å²) in [5, 5.41) is 0. The van der Waals surface area contributed by atoms with E-state index >= 15 is 0 Å². The van der Waals surface area contributed by atoms with Crippen molar-refractivity contribution < 1.29 is 14.3 Å². The van der Waals surface area contributed by atoms with Crippen LogP contribution in [0.15, 0.2) is 23.1 Å². The number of primary amides is 1. The molecule has 16 heavy (non-hydrogen) atoms. The summed E-state index contributed by atoms with van der Waals surface area (Å²) in [7, 11) is 1.31. The van der Waals surface area contributed by atoms with Crippen LogP contribution in [0.2, 0.25) is 0 Å². The van der Waals surface area contributed by atoms with Crippen molar-refractivity contribution in [2.24, 2.45) is 5.73 Å². The maximum atomic E-state index is 11.1. The smallest absolute Gasteiger partial charge is 0.315 e. The molecular formula is C10H12N2O3S. The van der Waals surface area contributed by atoms with E-state index in [0.29, 0.717) is 16.1 Å². The Morgan fingerprint density at radius 2 is 2.12 bits per heavy atom. The number of nitrogen functional groups attached to an aromatic ring is 1. The predicted octanol–water partition coefficient (Wildman–Crippen LogP) is 0.633. The highest BCUT2D eigenvalue weighted by atomic mass is 32.2. The zero-order valence-electron chi connectivity index (χ0n) is 8.73. The van der Waals surface area contributed by atoms with Gasteiger partial charge in [-0.05, 0) is 18.2 Å². The Morgan fingerprint density at radius 1 is 1.44 bits per heavy atom. The fourth-order valence-corrected chi connectivity index (χ4v) is 1.93. The van der Waals surface area contributed by atoms with Crippen molar-refractivity contribution in [2.75, 3.05) is 18.6 Å². The number of methoxy groups -OCH3 is 1. The van der Waals surface area contributed by atoms with E-state index in [-0.39, 0.29) is 11.7 Å². The highest BCUT2D eigenvalue weighted by Gasteiger charge is 2.11. The Hall–Kier alpha value is -1.69. The molecule has 0 fully saturated rings. The van der Waals surface area contributed by atoms with Crippen molar-refractivity contribution in [1.29, 1.82) is 0 Å². The van der Waals surface area contributed by atoms with Crippen molar-refractivity contribution in [3.8, 4) is 0 Å². The van der Waals surface area contributed by atoms with Crippen LogP contribution in [0.3, 0.4) is 0 Å². The zero-order chi connectivity index (χ0) is 12.1. The first-order valence-corrected chi connectivity index (χ1v) is 5.42. The van der Waals surface area contributed by atoms with Gasteiger partial charge in [-0.1, -0.05) is 0 Å². The molecule has 0 aliphatic carbocycles. The number of thioether (sulfide) groups is 1. The fraction of sp³-hybridized carbons (Fsp3) is 0.200. The number of rotatable bonds is 4. The third-order valence-electron chi connectivity index (χ3n) is 1.84. The van der Waals surface area contributed by atoms with Crippen molar-refractivity contribution in [3.63, 3.8) is 0 Å². The molecule has 0 bridgehead atoms. The van der Waals surface area contributed by atoms with Crippen molar-refractivity contribution in [3.05, 3.63) is 23.8 Å². The maximum Gasteiger partial charge on any atom is 0.315 e. The van der Waals surface area contributed by atoms with E-state index in [9.17, 15) is 9.59 Å². The number of hydrogen-bond acceptors (Lipinski definition) is 5. The molecule has 1 amide bonds. The van der Waals surface area contributed by atoms with E-state index in [1.165, 1.54) is 24.9 Å². The van der Waals surface area contributed by atoms with Gasteiger partial charge in [0.1, 0.15) is 0 Å². The summed E-state index contributed by atoms with van der Waals surface area (Å²) in [6.45, 7) is 0. The molecule has 0 spiro atoms. The standard InChI is InChI=1S/C10H12N2O3S/c1-15-9(13)5-16-8-3-2-6(11)4-7(8)10(12)14/h2-4H,5,11H2,1H3,(H2,12,14). The molecule has 4 N–H and O–H groups in total. The first-order chi connectivity index (χ1) is 7.54. The third kappa shape index (κ3) is 3.16. The minimum absolute atomic E-state index is 0.126. The van der Waals surface area contributed by atoms with Crippen LogP contribution < -0.4 is 11.5 Å². The van der Waals surface area contributed by atoms with Gasteiger partial charge in [0.15, 0.2) is 0 Å². The molecule has 0 heterocycles. The average Bonchev–Trinajstić information content (AvgIpc) is 2.26. The number of nitrogens with two attached hydrogens (primary N) is 2. The Balaban J connectivity index is 2.87. The second-order valence-electron chi connectivity index (χ2n) is 2.98. The van der Waals surface area contributed by atoms with E-state index in [4.69, 9.17) is 11.5 Å². The largest absolute Gasteiger partial charge is 0.468 e. The van der Waals surface area contributed by atoms with Gasteiger partial charge in [0.2, 0.25) is 5.91 Å². The second kappa shape index (κ2) is 5.41. The molecule has 0 aliphatic rings. The zero-order valence-corrected chi connectivity index (χ0v) is 9.54. The molecule has 0 saturated heterocycles. The first kappa shape index (κ1) is 12.4. The van der Waals surface area contributed by atoms with Crippen LogP contribution in [-0.4, -0.2) is 24.7 Å². The Morgan fingerprint density at radius 3 is 2.69 bits per heavy atom. The molecule has 1 aromatic carbocycles. The SMILES string of the molecule is COC(=O)CSc1ccc(N)cc1C(N)=O. The number of benzene rings is 1. The lowest BCUT2D eigenvalue weighted by molar-refractivity contribution is -0.137. The van der Waals surface area contributed by atoms with Crippen LogP contribution in [0.25, 0.3) is 0 Å². The van der Waals surface area contributed by atoms with Gasteiger partial charge in [0, 0.05) is 10.6 Å². The van der Waals surface area contributed by atoms with Crippen molar-refractivity contribution in [2.45, 2.75) is 4.90 Å². The molecule has 0 saturated carbocycles. The van der Waals surface area contributed by atoms with Crippen LogP contribution in [0.4, 0.5) is 5.69 Å². The molecule has 86 valence electrons. The van der Waals surface area contributed by atoms with Crippen LogP contribution >= 0.6 is 11.8 Å². The summed E-state index contributed by atoms with van der Waals surface area (Å²) in [5.41, 5.74) is 11.5. The lowest BCUT2D eigenvalue weighted by Crippen LogP contribution is -2.13. The highest BCUT2D eigenvalue weighted by Crippen LogP contribution is 2.24. The maximum absolute atomic E-state index is 11.1. The van der Waals surface area contributed by atoms with Crippen molar-refractivity contribution in [1.82, 2.24) is 0 Å². The van der Waals surface area contributed by atoms with Gasteiger partial charge in [-0.15, -0.1) is 11.8 Å². The summed E-state index contributed by atoms with van der Waals surface area (Å²) >= 11 is 1.19. The number of anilines is 1. The molecule has 0 aliphatic heterocycles. The summed E-state index contributed by atoms with van der Waals surface area (Å²) in [4.78, 5) is 22.7. The van der Waals surface area contributed by atoms with Gasteiger partial charge in [0.05, 0.1) is 18.4 Å². The van der Waals surface area contributed by atoms with Gasteiger partial charge in [-0.25, -0.2) is 0 Å². The lowest BCUT2D eigenvalue weighted by Gasteiger charge is -2.06. The van der Waals surface area contributed by atoms with Crippen LogP contribution in [0.1, 0.15) is 10.4 Å². The number of amides is 1. The normalized spacial score (nSPS) is 9.81. The molecule has 0 aromatic heterocycles. The Bertz CT molecular complexity index is 421. The van der Waals surface area contributed by atoms with E-state index in [1.807, 2.05) is 0 Å². The molecule has 0 unspecified atom stereocenters. The van der Waals surface area contributed by atoms with E-state index in [1.54, 1.807) is 12.1 Å². The number of ether oxygens (including phenoxy) is 1. The number of esters is 1. The highest BCUT2D eigenvalue weighted by molar-refractivity contribution is 8.00. The summed E-state index contributed by atoms with van der Waals surface area (Å²) in [5.74, 6) is -0.808. The van der Waals surface area contributed by atoms with Gasteiger partial charge < -0.3 is 16.2 Å². The quantitative estimate of drug-likeness (QED) is 0.457. The van der Waals surface area contributed by atoms with Gasteiger partial charge in [-0.2, -0.15) is 0 Å². The van der Waals surface area contributed by atoms with Gasteiger partial charge in [-0.3, -0.25) is 9.59 Å². The first-order valence-electron chi connectivity index (χ1n) is 4.43. The third-order valence-corrected chi connectivity index (χ3v) is 2.89. The van der Waals surface area contributed by atoms with Crippen LogP contribution in [0, 0.1) is 0 Å². The van der Waals surface area contributed by atoms with E-state index < -0.39 is 5.91 Å². The molecule has 0 atom stereocenters. The minimum atomic E-state index is -0.570. The number of carbonyl (C=O) groups excluding carboxylic acids is 2. The van der Waals surface area contributed by atoms with Crippen LogP contribution in [0.5, 0.6) is 0 Å². The van der Waals surface area contributed by atoms with E-state index in [0.717, 1.165) is 0 Å². The summed E-state index contributed by atoms with van der Waals surface area (Å²) < 4.78 is 4.50. The molecular weight excluding hydrogens is 228 g/mol. The van der Waals surface area contributed by atoms with Crippen LogP contribution in [-0.2, 0) is 9.53 Å². The molecule has 6 heteroatoms. The van der Waals surface area contributed by atoms with E-state index in [2.05, 4.69) is 4.74 Å². The summed E-state index contributed by atoms with van der Waals surface area (Å²) in [6.07, 6.45) is 0. The molecule has 1 aromatic rings. The minimum Gasteiger partial charge on any atom is -0.468 e. The topological polar surface area (TPSA) is 95.4 Å². The van der Waals surface area contributed by atoms with Gasteiger partial charge in [0.25, 0.3) is 0 Å². The average molecular weight is 240 g/mol. The summed E-state index contributed by atoms with van der Waals surface area (Å²) in [6, 6.07) is 4.79. The molecule has 1 rings (SSSR count). The predicted molar refractivity (Wildman–Crippen MR) is 62.1 cm³/mol. The fourth-order valence-electron chi connectivity index (χ4n) is 1.06. The monoisotopic (exact) mass is 240 g/mol. The van der Waals surface area contributed by atoms with Crippen molar-refractivity contribution >= 4 is 29.3 Å². The Kier molecular flexibility index (Phi) is 4.19. The second-order valence-corrected chi connectivity index (χ2v) is 4.00. The Labute approximate surface area is 97.1 Å². The molecule has 0 radical (unpaired) electrons.